The zero-order valence-corrected chi connectivity index (χ0v) is 13.5. The van der Waals surface area contributed by atoms with Crippen LogP contribution < -0.4 is 5.43 Å². The lowest BCUT2D eigenvalue weighted by atomic mass is 10.1. The fourth-order valence-corrected chi connectivity index (χ4v) is 2.79. The number of nitrogens with zero attached hydrogens (tertiary/aromatic N) is 1. The molecule has 0 aliphatic heterocycles. The molecule has 1 aromatic heterocycles. The number of carbonyl (C=O) groups excluding carboxylic acids is 1. The van der Waals surface area contributed by atoms with Crippen molar-refractivity contribution in [2.24, 2.45) is 0 Å². The molecule has 0 unspecified atom stereocenters. The molecule has 0 spiro atoms. The van der Waals surface area contributed by atoms with Crippen molar-refractivity contribution in [2.45, 2.75) is 6.54 Å². The molecular weight excluding hydrogens is 333 g/mol. The Bertz CT molecular complexity index is 997. The van der Waals surface area contributed by atoms with Gasteiger partial charge in [0.25, 0.3) is 0 Å². The lowest BCUT2D eigenvalue weighted by Crippen LogP contribution is -2.20. The number of pyridine rings is 1. The second kappa shape index (κ2) is 6.45. The molecule has 0 bridgehead atoms. The van der Waals surface area contributed by atoms with E-state index >= 15 is 0 Å². The van der Waals surface area contributed by atoms with Gasteiger partial charge in [-0.1, -0.05) is 23.7 Å². The predicted octanol–water partition coefficient (Wildman–Crippen LogP) is 3.63. The van der Waals surface area contributed by atoms with Gasteiger partial charge in [-0.05, 0) is 35.9 Å². The standard InChI is InChI=1S/C18H13ClFNO3/c1-24-18(23)15-10-21(9-11-3-2-4-12(19)7-11)16-8-13(20)5-6-14(16)17(15)22/h2-8,10H,9H2,1H3. The smallest absolute Gasteiger partial charge is 0.343 e. The number of carbonyl (C=O) groups is 1. The first-order valence-corrected chi connectivity index (χ1v) is 7.53. The number of hydrogen-bond donors (Lipinski definition) is 0. The molecule has 0 amide bonds. The Labute approximate surface area is 142 Å². The molecule has 0 saturated carbocycles. The number of hydrogen-bond acceptors (Lipinski definition) is 3. The van der Waals surface area contributed by atoms with Crippen LogP contribution in [0.25, 0.3) is 10.9 Å². The molecule has 0 atom stereocenters. The van der Waals surface area contributed by atoms with Crippen LogP contribution in [0.1, 0.15) is 15.9 Å². The fourth-order valence-electron chi connectivity index (χ4n) is 2.58. The van der Waals surface area contributed by atoms with Gasteiger partial charge in [-0.15, -0.1) is 0 Å². The van der Waals surface area contributed by atoms with Crippen LogP contribution in [0.2, 0.25) is 5.02 Å². The Balaban J connectivity index is 2.24. The molecule has 1 heterocycles. The third kappa shape index (κ3) is 3.03. The molecule has 4 nitrogen and oxygen atoms in total. The van der Waals surface area contributed by atoms with Crippen molar-refractivity contribution in [3.05, 3.63) is 80.9 Å². The van der Waals surface area contributed by atoms with Crippen molar-refractivity contribution in [2.75, 3.05) is 7.11 Å². The average Bonchev–Trinajstić information content (AvgIpc) is 2.56. The highest BCUT2D eigenvalue weighted by atomic mass is 35.5. The van der Waals surface area contributed by atoms with Gasteiger partial charge in [0, 0.05) is 23.2 Å². The van der Waals surface area contributed by atoms with Crippen LogP contribution >= 0.6 is 11.6 Å². The van der Waals surface area contributed by atoms with E-state index in [1.807, 2.05) is 6.07 Å². The Morgan fingerprint density at radius 1 is 1.25 bits per heavy atom. The molecule has 0 N–H and O–H groups in total. The molecule has 122 valence electrons. The van der Waals surface area contributed by atoms with Crippen molar-refractivity contribution >= 4 is 28.5 Å². The highest BCUT2D eigenvalue weighted by Gasteiger charge is 2.16. The minimum atomic E-state index is -0.730. The minimum Gasteiger partial charge on any atom is -0.465 e. The van der Waals surface area contributed by atoms with E-state index in [-0.39, 0.29) is 10.9 Å². The predicted molar refractivity (Wildman–Crippen MR) is 90.1 cm³/mol. The summed E-state index contributed by atoms with van der Waals surface area (Å²) < 4.78 is 20.0. The van der Waals surface area contributed by atoms with Crippen LogP contribution in [-0.2, 0) is 11.3 Å². The topological polar surface area (TPSA) is 48.3 Å². The number of methoxy groups -OCH3 is 1. The van der Waals surface area contributed by atoms with Crippen LogP contribution in [0.3, 0.4) is 0 Å². The van der Waals surface area contributed by atoms with E-state index in [0.717, 1.165) is 5.56 Å². The van der Waals surface area contributed by atoms with E-state index in [1.165, 1.54) is 31.5 Å². The van der Waals surface area contributed by atoms with E-state index < -0.39 is 17.2 Å². The lowest BCUT2D eigenvalue weighted by Gasteiger charge is -2.13. The summed E-state index contributed by atoms with van der Waals surface area (Å²) in [6, 6.07) is 11.0. The number of ether oxygens (including phenoxy) is 1. The van der Waals surface area contributed by atoms with Crippen LogP contribution in [0.15, 0.2) is 53.5 Å². The van der Waals surface area contributed by atoms with E-state index in [1.54, 1.807) is 22.8 Å². The number of aromatic nitrogens is 1. The largest absolute Gasteiger partial charge is 0.465 e. The molecule has 3 aromatic rings. The van der Waals surface area contributed by atoms with Crippen LogP contribution in [-0.4, -0.2) is 17.6 Å². The highest BCUT2D eigenvalue weighted by Crippen LogP contribution is 2.18. The Kier molecular flexibility index (Phi) is 4.36. The lowest BCUT2D eigenvalue weighted by molar-refractivity contribution is 0.0598. The van der Waals surface area contributed by atoms with Gasteiger partial charge in [0.2, 0.25) is 5.43 Å². The average molecular weight is 346 g/mol. The Morgan fingerprint density at radius 2 is 2.04 bits per heavy atom. The second-order valence-electron chi connectivity index (χ2n) is 5.28. The highest BCUT2D eigenvalue weighted by molar-refractivity contribution is 6.30. The molecule has 0 saturated heterocycles. The zero-order valence-electron chi connectivity index (χ0n) is 12.8. The summed E-state index contributed by atoms with van der Waals surface area (Å²) in [5.74, 6) is -1.20. The van der Waals surface area contributed by atoms with Crippen LogP contribution in [0, 0.1) is 5.82 Å². The number of halogens is 2. The second-order valence-corrected chi connectivity index (χ2v) is 5.72. The molecule has 2 aromatic carbocycles. The van der Waals surface area contributed by atoms with Crippen molar-refractivity contribution in [3.63, 3.8) is 0 Å². The van der Waals surface area contributed by atoms with Gasteiger partial charge >= 0.3 is 5.97 Å². The first-order chi connectivity index (χ1) is 11.5. The molecule has 6 heteroatoms. The minimum absolute atomic E-state index is 0.0985. The van der Waals surface area contributed by atoms with Gasteiger partial charge in [-0.3, -0.25) is 4.79 Å². The molecule has 24 heavy (non-hydrogen) atoms. The summed E-state index contributed by atoms with van der Waals surface area (Å²) in [6.07, 6.45) is 1.39. The monoisotopic (exact) mass is 345 g/mol. The third-order valence-corrected chi connectivity index (χ3v) is 3.93. The summed E-state index contributed by atoms with van der Waals surface area (Å²) in [5, 5.41) is 0.818. The number of rotatable bonds is 3. The number of esters is 1. The number of fused-ring (bicyclic) bond motifs is 1. The van der Waals surface area contributed by atoms with Crippen molar-refractivity contribution < 1.29 is 13.9 Å². The molecule has 0 aliphatic carbocycles. The summed E-state index contributed by atoms with van der Waals surface area (Å²) in [7, 11) is 1.21. The van der Waals surface area contributed by atoms with E-state index in [9.17, 15) is 14.0 Å². The van der Waals surface area contributed by atoms with Crippen molar-refractivity contribution in [1.29, 1.82) is 0 Å². The van der Waals surface area contributed by atoms with Gasteiger partial charge in [-0.2, -0.15) is 0 Å². The van der Waals surface area contributed by atoms with Gasteiger partial charge in [-0.25, -0.2) is 9.18 Å². The molecule has 0 radical (unpaired) electrons. The van der Waals surface area contributed by atoms with E-state index in [4.69, 9.17) is 11.6 Å². The zero-order chi connectivity index (χ0) is 17.3. The van der Waals surface area contributed by atoms with Crippen LogP contribution in [0.4, 0.5) is 4.39 Å². The maximum atomic E-state index is 13.6. The van der Waals surface area contributed by atoms with E-state index in [2.05, 4.69) is 4.74 Å². The van der Waals surface area contributed by atoms with Crippen molar-refractivity contribution in [1.82, 2.24) is 4.57 Å². The summed E-state index contributed by atoms with van der Waals surface area (Å²) in [4.78, 5) is 24.3. The van der Waals surface area contributed by atoms with Crippen LogP contribution in [0.5, 0.6) is 0 Å². The summed E-state index contributed by atoms with van der Waals surface area (Å²) in [6.45, 7) is 0.324. The fraction of sp³-hybridized carbons (Fsp3) is 0.111. The summed E-state index contributed by atoms with van der Waals surface area (Å²) in [5.41, 5.74) is 0.665. The van der Waals surface area contributed by atoms with Gasteiger partial charge in [0.05, 0.1) is 12.6 Å². The quantitative estimate of drug-likeness (QED) is 0.681. The van der Waals surface area contributed by atoms with Crippen molar-refractivity contribution in [3.8, 4) is 0 Å². The Hall–Kier alpha value is -2.66. The maximum absolute atomic E-state index is 13.6. The number of benzene rings is 2. The van der Waals surface area contributed by atoms with Gasteiger partial charge in [0.1, 0.15) is 11.4 Å². The van der Waals surface area contributed by atoms with Gasteiger partial charge < -0.3 is 9.30 Å². The molecule has 0 fully saturated rings. The first kappa shape index (κ1) is 16.2. The maximum Gasteiger partial charge on any atom is 0.343 e. The SMILES string of the molecule is COC(=O)c1cn(Cc2cccc(Cl)c2)c2cc(F)ccc2c1=O. The van der Waals surface area contributed by atoms with Gasteiger partial charge in [0.15, 0.2) is 0 Å². The Morgan fingerprint density at radius 3 is 2.75 bits per heavy atom. The molecule has 0 aliphatic rings. The third-order valence-electron chi connectivity index (χ3n) is 3.69. The normalized spacial score (nSPS) is 10.8. The van der Waals surface area contributed by atoms with E-state index in [0.29, 0.717) is 17.1 Å². The molecular formula is C18H13ClFNO3. The summed E-state index contributed by atoms with van der Waals surface area (Å²) >= 11 is 5.99. The molecule has 3 rings (SSSR count). The first-order valence-electron chi connectivity index (χ1n) is 7.15.